The number of carbonyl (C=O) groups excluding carboxylic acids is 5. The molecular weight excluding hydrogens is 681 g/mol. The minimum atomic E-state index is -0.396. The van der Waals surface area contributed by atoms with Gasteiger partial charge in [-0.1, -0.05) is 12.8 Å². The number of benzene rings is 1. The molecule has 0 aliphatic rings. The van der Waals surface area contributed by atoms with Gasteiger partial charge >= 0.3 is 0 Å². The van der Waals surface area contributed by atoms with Crippen molar-refractivity contribution in [2.75, 3.05) is 44.6 Å². The van der Waals surface area contributed by atoms with E-state index in [-0.39, 0.29) is 55.9 Å². The summed E-state index contributed by atoms with van der Waals surface area (Å²) in [6.07, 6.45) is 8.78. The number of carbonyl (C=O) groups is 5. The van der Waals surface area contributed by atoms with Crippen LogP contribution >= 0.6 is 24.4 Å². The van der Waals surface area contributed by atoms with Gasteiger partial charge in [0.25, 0.3) is 0 Å². The molecule has 0 saturated carbocycles. The molecule has 5 amide bonds. The van der Waals surface area contributed by atoms with Crippen molar-refractivity contribution in [3.63, 3.8) is 0 Å². The summed E-state index contributed by atoms with van der Waals surface area (Å²) in [7, 11) is 0. The fourth-order valence-corrected chi connectivity index (χ4v) is 4.84. The highest BCUT2D eigenvalue weighted by Crippen LogP contribution is 2.15. The lowest BCUT2D eigenvalue weighted by Crippen LogP contribution is -2.30. The first-order valence-electron chi connectivity index (χ1n) is 17.4. The molecule has 0 aliphatic heterocycles. The Hall–Kier alpha value is -3.98. The summed E-state index contributed by atoms with van der Waals surface area (Å²) in [6.45, 7) is 4.41. The van der Waals surface area contributed by atoms with Gasteiger partial charge in [-0.25, -0.2) is 5.06 Å². The largest absolute Gasteiger partial charge is 0.362 e. The van der Waals surface area contributed by atoms with Crippen molar-refractivity contribution >= 4 is 75.6 Å². The minimum absolute atomic E-state index is 0.124. The topological polar surface area (TPSA) is 193 Å². The third-order valence-electron chi connectivity index (χ3n) is 7.40. The van der Waals surface area contributed by atoms with Crippen molar-refractivity contribution < 1.29 is 29.2 Å². The molecule has 1 aromatic rings. The van der Waals surface area contributed by atoms with E-state index in [1.54, 1.807) is 0 Å². The predicted octanol–water partition coefficient (Wildman–Crippen LogP) is 3.87. The van der Waals surface area contributed by atoms with E-state index in [4.69, 9.17) is 12.2 Å². The normalized spacial score (nSPS) is 10.3. The summed E-state index contributed by atoms with van der Waals surface area (Å²) >= 11 is 9.90. The van der Waals surface area contributed by atoms with Gasteiger partial charge in [-0.3, -0.25) is 29.2 Å². The zero-order valence-corrected chi connectivity index (χ0v) is 30.8. The van der Waals surface area contributed by atoms with Crippen LogP contribution in [0.25, 0.3) is 0 Å². The van der Waals surface area contributed by atoms with Crippen molar-refractivity contribution in [1.82, 2.24) is 31.6 Å². The highest BCUT2D eigenvalue weighted by Gasteiger charge is 2.08. The molecule has 0 fully saturated rings. The Morgan fingerprint density at radius 3 is 1.42 bits per heavy atom. The second-order valence-electron chi connectivity index (χ2n) is 11.7. The van der Waals surface area contributed by atoms with Gasteiger partial charge in [0.1, 0.15) is 0 Å². The maximum absolute atomic E-state index is 12.1. The van der Waals surface area contributed by atoms with Crippen molar-refractivity contribution in [2.45, 2.75) is 96.8 Å². The smallest absolute Gasteiger partial charge is 0.242 e. The van der Waals surface area contributed by atoms with Gasteiger partial charge in [0, 0.05) is 77.6 Å². The van der Waals surface area contributed by atoms with Crippen LogP contribution in [0.15, 0.2) is 29.3 Å². The first-order valence-corrected chi connectivity index (χ1v) is 18.2. The molecule has 0 atom stereocenters. The number of thiocarbonyl (C=S) groups is 2. The Balaban J connectivity index is 1.90. The van der Waals surface area contributed by atoms with Gasteiger partial charge in [0.2, 0.25) is 29.5 Å². The molecule has 0 saturated heterocycles. The molecular formula is C34H54N8O6S2. The van der Waals surface area contributed by atoms with Gasteiger partial charge in [0.15, 0.2) is 5.11 Å². The fraction of sp³-hybridized carbons (Fsp3) is 0.618. The van der Waals surface area contributed by atoms with E-state index >= 15 is 0 Å². The number of anilines is 1. The summed E-state index contributed by atoms with van der Waals surface area (Å²) < 4.78 is 0. The Morgan fingerprint density at radius 2 is 1.02 bits per heavy atom. The van der Waals surface area contributed by atoms with Gasteiger partial charge < -0.3 is 31.9 Å². The summed E-state index contributed by atoms with van der Waals surface area (Å²) in [5, 5.41) is 30.4. The Labute approximate surface area is 306 Å². The SMILES string of the molecule is CC(=O)N(O)CCCCCNC(=O)CCC(=O)NCCCCCCNC(=O)CCC(=O)NCCCCCNC(=S)Nc1ccc(N=C=S)cc1. The Bertz CT molecular complexity index is 1240. The van der Waals surface area contributed by atoms with E-state index in [0.717, 1.165) is 69.2 Å². The predicted molar refractivity (Wildman–Crippen MR) is 201 cm³/mol. The number of aliphatic imine (C=N–C) groups is 1. The molecule has 0 unspecified atom stereocenters. The Kier molecular flexibility index (Phi) is 25.4. The summed E-state index contributed by atoms with van der Waals surface area (Å²) in [5.41, 5.74) is 1.58. The molecule has 7 N–H and O–H groups in total. The van der Waals surface area contributed by atoms with Crippen LogP contribution in [-0.4, -0.2) is 89.3 Å². The molecule has 1 rings (SSSR count). The van der Waals surface area contributed by atoms with Gasteiger partial charge in [-0.2, -0.15) is 4.99 Å². The van der Waals surface area contributed by atoms with Crippen molar-refractivity contribution in [2.24, 2.45) is 4.99 Å². The highest BCUT2D eigenvalue weighted by atomic mass is 32.1. The standard InChI is InChI=1S/C34H54N8O6S2/c1-27(43)42(48)25-11-5-10-23-38-33(47)19-17-31(45)36-21-7-3-2-6-20-35-30(44)16-18-32(46)37-22-8-4-9-24-39-34(50)41-29-14-12-28(13-15-29)40-26-49/h12-15,48H,2-11,16-25H2,1H3,(H,35,44)(H,36,45)(H,37,46)(H,38,47)(H2,39,41,50). The number of nitrogens with one attached hydrogen (secondary N) is 6. The molecule has 0 heterocycles. The molecule has 0 aromatic heterocycles. The molecule has 14 nitrogen and oxygen atoms in total. The number of rotatable bonds is 27. The maximum Gasteiger partial charge on any atom is 0.242 e. The van der Waals surface area contributed by atoms with Crippen LogP contribution in [0.1, 0.15) is 96.8 Å². The first kappa shape index (κ1) is 44.0. The molecule has 0 aliphatic carbocycles. The highest BCUT2D eigenvalue weighted by molar-refractivity contribution is 7.80. The molecule has 278 valence electrons. The molecule has 50 heavy (non-hydrogen) atoms. The van der Waals surface area contributed by atoms with Crippen LogP contribution in [0.5, 0.6) is 0 Å². The van der Waals surface area contributed by atoms with Gasteiger partial charge in [-0.05, 0) is 100 Å². The number of hydrogen-bond donors (Lipinski definition) is 7. The average molecular weight is 735 g/mol. The monoisotopic (exact) mass is 734 g/mol. The molecule has 16 heteroatoms. The number of nitrogens with zero attached hydrogens (tertiary/aromatic N) is 2. The maximum atomic E-state index is 12.1. The molecule has 0 spiro atoms. The zero-order chi connectivity index (χ0) is 36.8. The second kappa shape index (κ2) is 28.8. The van der Waals surface area contributed by atoms with E-state index in [1.165, 1.54) is 6.92 Å². The van der Waals surface area contributed by atoms with Crippen LogP contribution in [0.3, 0.4) is 0 Å². The Morgan fingerprint density at radius 1 is 0.640 bits per heavy atom. The number of hydrogen-bond acceptors (Lipinski definition) is 9. The van der Waals surface area contributed by atoms with E-state index in [0.29, 0.717) is 49.3 Å². The van der Waals surface area contributed by atoms with E-state index in [1.807, 2.05) is 24.3 Å². The summed E-state index contributed by atoms with van der Waals surface area (Å²) in [6, 6.07) is 7.35. The van der Waals surface area contributed by atoms with E-state index in [2.05, 4.69) is 54.3 Å². The van der Waals surface area contributed by atoms with Crippen LogP contribution in [-0.2, 0) is 24.0 Å². The first-order chi connectivity index (χ1) is 24.1. The average Bonchev–Trinajstić information content (AvgIpc) is 3.09. The van der Waals surface area contributed by atoms with E-state index < -0.39 is 5.91 Å². The van der Waals surface area contributed by atoms with Crippen LogP contribution in [0, 0.1) is 0 Å². The molecule has 0 bridgehead atoms. The lowest BCUT2D eigenvalue weighted by atomic mass is 10.2. The molecule has 1 aromatic carbocycles. The zero-order valence-electron chi connectivity index (χ0n) is 29.2. The second-order valence-corrected chi connectivity index (χ2v) is 12.3. The molecule has 0 radical (unpaired) electrons. The third kappa shape index (κ3) is 25.1. The van der Waals surface area contributed by atoms with Gasteiger partial charge in [-0.15, -0.1) is 0 Å². The summed E-state index contributed by atoms with van der Waals surface area (Å²) in [5.74, 6) is -1.02. The number of unbranched alkanes of at least 4 members (excludes halogenated alkanes) is 7. The van der Waals surface area contributed by atoms with Crippen LogP contribution in [0.4, 0.5) is 11.4 Å². The number of isothiocyanates is 1. The van der Waals surface area contributed by atoms with Crippen LogP contribution in [0.2, 0.25) is 0 Å². The minimum Gasteiger partial charge on any atom is -0.362 e. The van der Waals surface area contributed by atoms with Crippen molar-refractivity contribution in [1.29, 1.82) is 0 Å². The third-order valence-corrected chi connectivity index (χ3v) is 7.74. The number of amides is 5. The lowest BCUT2D eigenvalue weighted by molar-refractivity contribution is -0.162. The van der Waals surface area contributed by atoms with Gasteiger partial charge in [0.05, 0.1) is 10.8 Å². The quantitative estimate of drug-likeness (QED) is 0.0230. The van der Waals surface area contributed by atoms with E-state index in [9.17, 15) is 29.2 Å². The van der Waals surface area contributed by atoms with Crippen molar-refractivity contribution in [3.8, 4) is 0 Å². The lowest BCUT2D eigenvalue weighted by Gasteiger charge is -2.11. The number of hydroxylamine groups is 2. The van der Waals surface area contributed by atoms with Crippen LogP contribution < -0.4 is 31.9 Å². The summed E-state index contributed by atoms with van der Waals surface area (Å²) in [4.78, 5) is 62.8. The fourth-order valence-electron chi connectivity index (χ4n) is 4.52. The van der Waals surface area contributed by atoms with Crippen molar-refractivity contribution in [3.05, 3.63) is 24.3 Å².